The van der Waals surface area contributed by atoms with Crippen LogP contribution < -0.4 is 20.1 Å². The lowest BCUT2D eigenvalue weighted by molar-refractivity contribution is 0.102. The molecule has 1 amide bonds. The summed E-state index contributed by atoms with van der Waals surface area (Å²) in [5, 5.41) is 6.00. The molecule has 7 nitrogen and oxygen atoms in total. The maximum atomic E-state index is 12.4. The number of aryl methyl sites for hydroxylation is 1. The number of nitrogens with one attached hydrogen (secondary N) is 2. The van der Waals surface area contributed by atoms with E-state index >= 15 is 0 Å². The van der Waals surface area contributed by atoms with Gasteiger partial charge in [-0.05, 0) is 30.5 Å². The van der Waals surface area contributed by atoms with Crippen molar-refractivity contribution in [2.75, 3.05) is 30.4 Å². The van der Waals surface area contributed by atoms with Crippen molar-refractivity contribution in [3.8, 4) is 11.5 Å². The van der Waals surface area contributed by atoms with Gasteiger partial charge in [-0.2, -0.15) is 0 Å². The van der Waals surface area contributed by atoms with Gasteiger partial charge in [0, 0.05) is 30.7 Å². The van der Waals surface area contributed by atoms with Crippen molar-refractivity contribution >= 4 is 17.5 Å². The Morgan fingerprint density at radius 1 is 0.966 bits per heavy atom. The molecule has 0 saturated heterocycles. The summed E-state index contributed by atoms with van der Waals surface area (Å²) in [6, 6.07) is 15.6. The van der Waals surface area contributed by atoms with E-state index in [9.17, 15) is 4.79 Å². The zero-order valence-electron chi connectivity index (χ0n) is 15.9. The average molecular weight is 390 g/mol. The van der Waals surface area contributed by atoms with E-state index in [2.05, 4.69) is 32.7 Å². The fourth-order valence-electron chi connectivity index (χ4n) is 3.00. The van der Waals surface area contributed by atoms with Gasteiger partial charge in [-0.15, -0.1) is 0 Å². The van der Waals surface area contributed by atoms with Crippen LogP contribution >= 0.6 is 0 Å². The topological polar surface area (TPSA) is 85.4 Å². The van der Waals surface area contributed by atoms with Crippen LogP contribution in [0.2, 0.25) is 0 Å². The summed E-state index contributed by atoms with van der Waals surface area (Å²) in [7, 11) is 0. The first-order valence-electron chi connectivity index (χ1n) is 9.59. The lowest BCUT2D eigenvalue weighted by Gasteiger charge is -2.19. The summed E-state index contributed by atoms with van der Waals surface area (Å²) in [5.41, 5.74) is 2.32. The van der Waals surface area contributed by atoms with Gasteiger partial charge in [-0.3, -0.25) is 4.79 Å². The van der Waals surface area contributed by atoms with Gasteiger partial charge in [0.15, 0.2) is 11.5 Å². The van der Waals surface area contributed by atoms with Crippen molar-refractivity contribution in [1.82, 2.24) is 9.97 Å². The van der Waals surface area contributed by atoms with Crippen LogP contribution in [-0.4, -0.2) is 35.6 Å². The third-order valence-corrected chi connectivity index (χ3v) is 4.48. The number of carbonyl (C=O) groups is 1. The van der Waals surface area contributed by atoms with Crippen molar-refractivity contribution in [1.29, 1.82) is 0 Å². The van der Waals surface area contributed by atoms with Crippen LogP contribution in [0.4, 0.5) is 11.6 Å². The molecular formula is C22H22N4O3. The molecule has 2 heterocycles. The van der Waals surface area contributed by atoms with Gasteiger partial charge in [-0.25, -0.2) is 9.97 Å². The van der Waals surface area contributed by atoms with E-state index in [0.29, 0.717) is 41.9 Å². The van der Waals surface area contributed by atoms with E-state index in [1.165, 1.54) is 18.0 Å². The molecule has 29 heavy (non-hydrogen) atoms. The standard InChI is InChI=1S/C22H22N4O3/c27-21(26-18-8-9-19-20(13-18)29-12-11-28-19)17-14-24-22(25-15-17)23-10-4-7-16-5-2-1-3-6-16/h1-3,5-6,8-9,13-15H,4,7,10-12H2,(H,26,27)(H,23,24,25). The zero-order valence-corrected chi connectivity index (χ0v) is 15.9. The molecule has 0 radical (unpaired) electrons. The number of hydrogen-bond donors (Lipinski definition) is 2. The highest BCUT2D eigenvalue weighted by molar-refractivity contribution is 6.04. The molecule has 2 N–H and O–H groups in total. The van der Waals surface area contributed by atoms with E-state index in [4.69, 9.17) is 9.47 Å². The molecule has 0 spiro atoms. The highest BCUT2D eigenvalue weighted by atomic mass is 16.6. The Bertz CT molecular complexity index is 962. The molecular weight excluding hydrogens is 368 g/mol. The highest BCUT2D eigenvalue weighted by Gasteiger charge is 2.14. The summed E-state index contributed by atoms with van der Waals surface area (Å²) < 4.78 is 11.0. The van der Waals surface area contributed by atoms with E-state index in [-0.39, 0.29) is 5.91 Å². The van der Waals surface area contributed by atoms with Crippen LogP contribution in [0.25, 0.3) is 0 Å². The quantitative estimate of drug-likeness (QED) is 0.600. The Balaban J connectivity index is 1.27. The van der Waals surface area contributed by atoms with Gasteiger partial charge in [0.05, 0.1) is 5.56 Å². The van der Waals surface area contributed by atoms with Crippen molar-refractivity contribution in [3.63, 3.8) is 0 Å². The number of aromatic nitrogens is 2. The number of amides is 1. The van der Waals surface area contributed by atoms with Gasteiger partial charge >= 0.3 is 0 Å². The molecule has 7 heteroatoms. The first-order chi connectivity index (χ1) is 14.3. The summed E-state index contributed by atoms with van der Waals surface area (Å²) >= 11 is 0. The van der Waals surface area contributed by atoms with Crippen LogP contribution in [-0.2, 0) is 6.42 Å². The maximum Gasteiger partial charge on any atom is 0.258 e. The molecule has 3 aromatic rings. The van der Waals surface area contributed by atoms with Crippen LogP contribution in [0.5, 0.6) is 11.5 Å². The zero-order chi connectivity index (χ0) is 19.9. The van der Waals surface area contributed by atoms with Gasteiger partial charge in [0.1, 0.15) is 13.2 Å². The number of ether oxygens (including phenoxy) is 2. The number of hydrogen-bond acceptors (Lipinski definition) is 6. The molecule has 0 unspecified atom stereocenters. The third kappa shape index (κ3) is 5.01. The van der Waals surface area contributed by atoms with E-state index in [1.54, 1.807) is 18.2 Å². The summed E-state index contributed by atoms with van der Waals surface area (Å²) in [5.74, 6) is 1.53. The van der Waals surface area contributed by atoms with E-state index in [0.717, 1.165) is 19.4 Å². The van der Waals surface area contributed by atoms with E-state index < -0.39 is 0 Å². The molecule has 1 aliphatic heterocycles. The largest absolute Gasteiger partial charge is 0.486 e. The second-order valence-corrected chi connectivity index (χ2v) is 6.62. The normalized spacial score (nSPS) is 12.3. The van der Waals surface area contributed by atoms with Crippen molar-refractivity contribution in [3.05, 3.63) is 72.1 Å². The second kappa shape index (κ2) is 9.05. The van der Waals surface area contributed by atoms with Gasteiger partial charge in [0.2, 0.25) is 5.95 Å². The Labute approximate surface area is 169 Å². The molecule has 1 aromatic heterocycles. The number of nitrogens with zero attached hydrogens (tertiary/aromatic N) is 2. The lowest BCUT2D eigenvalue weighted by atomic mass is 10.1. The smallest absolute Gasteiger partial charge is 0.258 e. The third-order valence-electron chi connectivity index (χ3n) is 4.48. The van der Waals surface area contributed by atoms with Crippen molar-refractivity contribution < 1.29 is 14.3 Å². The van der Waals surface area contributed by atoms with Crippen LogP contribution in [0.15, 0.2) is 60.9 Å². The van der Waals surface area contributed by atoms with Gasteiger partial charge in [-0.1, -0.05) is 30.3 Å². The summed E-state index contributed by atoms with van der Waals surface area (Å²) in [6.45, 7) is 1.79. The number of anilines is 2. The minimum Gasteiger partial charge on any atom is -0.486 e. The number of carbonyl (C=O) groups excluding carboxylic acids is 1. The molecule has 148 valence electrons. The van der Waals surface area contributed by atoms with Gasteiger partial charge in [0.25, 0.3) is 5.91 Å². The number of fused-ring (bicyclic) bond motifs is 1. The molecule has 0 saturated carbocycles. The molecule has 2 aromatic carbocycles. The fourth-order valence-corrected chi connectivity index (χ4v) is 3.00. The predicted octanol–water partition coefficient (Wildman–Crippen LogP) is 3.54. The van der Waals surface area contributed by atoms with Crippen LogP contribution in [0, 0.1) is 0 Å². The van der Waals surface area contributed by atoms with Crippen LogP contribution in [0.3, 0.4) is 0 Å². The van der Waals surface area contributed by atoms with Crippen LogP contribution in [0.1, 0.15) is 22.3 Å². The average Bonchev–Trinajstić information content (AvgIpc) is 2.78. The SMILES string of the molecule is O=C(Nc1ccc2c(c1)OCCO2)c1cnc(NCCCc2ccccc2)nc1. The molecule has 4 rings (SSSR count). The molecule has 0 bridgehead atoms. The van der Waals surface area contributed by atoms with Crippen molar-refractivity contribution in [2.24, 2.45) is 0 Å². The maximum absolute atomic E-state index is 12.4. The fraction of sp³-hybridized carbons (Fsp3) is 0.227. The van der Waals surface area contributed by atoms with Crippen molar-refractivity contribution in [2.45, 2.75) is 12.8 Å². The summed E-state index contributed by atoms with van der Waals surface area (Å²) in [4.78, 5) is 20.9. The molecule has 0 atom stereocenters. The highest BCUT2D eigenvalue weighted by Crippen LogP contribution is 2.32. The Morgan fingerprint density at radius 2 is 1.72 bits per heavy atom. The summed E-state index contributed by atoms with van der Waals surface area (Å²) in [6.07, 6.45) is 4.99. The minimum atomic E-state index is -0.280. The first kappa shape index (κ1) is 18.7. The lowest BCUT2D eigenvalue weighted by Crippen LogP contribution is -2.17. The predicted molar refractivity (Wildman–Crippen MR) is 111 cm³/mol. The second-order valence-electron chi connectivity index (χ2n) is 6.62. The minimum absolute atomic E-state index is 0.280. The number of benzene rings is 2. The van der Waals surface area contributed by atoms with E-state index in [1.807, 2.05) is 18.2 Å². The van der Waals surface area contributed by atoms with Gasteiger partial charge < -0.3 is 20.1 Å². The molecule has 0 aliphatic carbocycles. The first-order valence-corrected chi connectivity index (χ1v) is 9.59. The molecule has 0 fully saturated rings. The number of rotatable bonds is 7. The molecule has 1 aliphatic rings. The monoisotopic (exact) mass is 390 g/mol. The Morgan fingerprint density at radius 3 is 2.52 bits per heavy atom. The Hall–Kier alpha value is -3.61. The Kier molecular flexibility index (Phi) is 5.85.